The summed E-state index contributed by atoms with van der Waals surface area (Å²) in [4.78, 5) is 76.9. The van der Waals surface area contributed by atoms with Crippen molar-refractivity contribution >= 4 is 63.4 Å². The number of anilines is 2. The van der Waals surface area contributed by atoms with Crippen LogP contribution in [-0.4, -0.2) is 122 Å². The van der Waals surface area contributed by atoms with E-state index in [0.29, 0.717) is 67.8 Å². The second kappa shape index (κ2) is 24.5. The molecule has 4 aliphatic heterocycles. The summed E-state index contributed by atoms with van der Waals surface area (Å²) in [5.74, 6) is 0.200. The number of aryl methyl sites for hydroxylation is 1. The number of aliphatic hydroxyl groups is 1. The molecule has 4 unspecified atom stereocenters. The van der Waals surface area contributed by atoms with Gasteiger partial charge in [-0.05, 0) is 128 Å². The van der Waals surface area contributed by atoms with E-state index < -0.39 is 48.4 Å². The van der Waals surface area contributed by atoms with Crippen LogP contribution in [0.3, 0.4) is 0 Å². The Morgan fingerprint density at radius 2 is 1.69 bits per heavy atom. The number of hydrogen-bond acceptors (Lipinski definition) is 16. The number of hydrogen-bond donors (Lipinski definition) is 6. The fourth-order valence-electron chi connectivity index (χ4n) is 13.6. The minimum Gasteiger partial charge on any atom is -0.766 e. The Morgan fingerprint density at radius 3 is 2.45 bits per heavy atom. The van der Waals surface area contributed by atoms with E-state index in [0.717, 1.165) is 62.9 Å². The van der Waals surface area contributed by atoms with Gasteiger partial charge >= 0.3 is 15.6 Å². The van der Waals surface area contributed by atoms with Crippen molar-refractivity contribution in [2.45, 2.75) is 154 Å². The molecule has 10 rings (SSSR count). The highest BCUT2D eigenvalue weighted by Crippen LogP contribution is 2.65. The van der Waals surface area contributed by atoms with Gasteiger partial charge in [0, 0.05) is 92.2 Å². The predicted octanol–water partition coefficient (Wildman–Crippen LogP) is 5.98. The van der Waals surface area contributed by atoms with Gasteiger partial charge in [-0.2, -0.15) is 4.31 Å². The molecule has 7 N–H and O–H groups in total. The summed E-state index contributed by atoms with van der Waals surface area (Å²) in [6.45, 7) is 16.9. The Morgan fingerprint density at radius 1 is 0.952 bits per heavy atom. The first-order valence-corrected chi connectivity index (χ1v) is 33.8. The summed E-state index contributed by atoms with van der Waals surface area (Å²) in [6, 6.07) is 15.5. The highest BCUT2D eigenvalue weighted by Gasteiger charge is 2.45. The van der Waals surface area contributed by atoms with Crippen LogP contribution >= 0.6 is 23.4 Å². The predicted molar refractivity (Wildman–Crippen MR) is 315 cm³/mol. The zero-order chi connectivity index (χ0) is 60.1. The van der Waals surface area contributed by atoms with Gasteiger partial charge in [-0.1, -0.05) is 51.8 Å². The molecular formula is C58H79N10O13P3. The van der Waals surface area contributed by atoms with Gasteiger partial charge in [0.05, 0.1) is 19.0 Å². The molecule has 5 aromatic rings. The number of nitrogens with zero attached hydrogens (tertiary/aromatic N) is 7. The van der Waals surface area contributed by atoms with Crippen molar-refractivity contribution in [1.29, 1.82) is 0 Å². The van der Waals surface area contributed by atoms with Crippen molar-refractivity contribution in [2.75, 3.05) is 63.6 Å². The third-order valence-corrected chi connectivity index (χ3v) is 21.7. The lowest BCUT2D eigenvalue weighted by Crippen LogP contribution is -2.50. The Kier molecular flexibility index (Phi) is 18.0. The lowest BCUT2D eigenvalue weighted by Gasteiger charge is -2.48. The number of ether oxygens (including phenoxy) is 1. The third kappa shape index (κ3) is 12.8. The van der Waals surface area contributed by atoms with Crippen molar-refractivity contribution in [3.8, 4) is 0 Å². The minimum atomic E-state index is -5.74. The molecule has 454 valence electrons. The van der Waals surface area contributed by atoms with Gasteiger partial charge in [-0.15, -0.1) is 0 Å². The van der Waals surface area contributed by atoms with E-state index in [1.54, 1.807) is 11.9 Å². The summed E-state index contributed by atoms with van der Waals surface area (Å²) in [7, 11) is -14.7. The van der Waals surface area contributed by atoms with Crippen LogP contribution in [0.2, 0.25) is 0 Å². The van der Waals surface area contributed by atoms with Crippen LogP contribution in [-0.2, 0) is 54.6 Å². The molecule has 1 aliphatic carbocycles. The van der Waals surface area contributed by atoms with E-state index >= 15 is 0 Å². The number of aromatic nitrogens is 4. The molecule has 84 heavy (non-hydrogen) atoms. The SMILES string of the molecule is CCN1c2cc3c(cc2C(C)CC1(C)C)C(c1ccccc1C(=O)N(C)CCCC(=O)NCCCCCCNP(=O)([O-])OP(=O)(O)OP(=O)(O)OC[C@H]1O[C@@H](n2cnc4c(N)ncnc42)C[C@@H]1O)=c1cc2c4c(c1C3(C)C)CCC[N+]=4CCC2. The van der Waals surface area contributed by atoms with Crippen LogP contribution < -0.4 is 41.1 Å². The van der Waals surface area contributed by atoms with E-state index in [-0.39, 0.29) is 48.0 Å². The summed E-state index contributed by atoms with van der Waals surface area (Å²) in [6.07, 6.45) is 7.27. The number of amides is 2. The van der Waals surface area contributed by atoms with Gasteiger partial charge in [0.25, 0.3) is 5.91 Å². The zero-order valence-corrected chi connectivity index (χ0v) is 51.6. The summed E-state index contributed by atoms with van der Waals surface area (Å²) < 4.78 is 60.6. The number of phosphoric ester groups is 1. The molecule has 6 heterocycles. The Labute approximate surface area is 489 Å². The molecule has 1 fully saturated rings. The van der Waals surface area contributed by atoms with Crippen LogP contribution in [0.25, 0.3) is 16.7 Å². The first-order valence-electron chi connectivity index (χ1n) is 29.2. The van der Waals surface area contributed by atoms with Crippen molar-refractivity contribution in [3.63, 3.8) is 0 Å². The molecule has 3 aromatic carbocycles. The van der Waals surface area contributed by atoms with Crippen LogP contribution in [0.15, 0.2) is 55.1 Å². The number of fused-ring (bicyclic) bond motifs is 5. The largest absolute Gasteiger partial charge is 0.766 e. The Hall–Kier alpha value is -5.25. The molecule has 26 heteroatoms. The third-order valence-electron chi connectivity index (χ3n) is 17.3. The molecule has 0 bridgehead atoms. The number of imidazole rings is 1. The fourth-order valence-corrected chi connectivity index (χ4v) is 17.3. The smallest absolute Gasteiger partial charge is 0.486 e. The van der Waals surface area contributed by atoms with E-state index in [1.165, 1.54) is 66.9 Å². The van der Waals surface area contributed by atoms with Crippen molar-refractivity contribution in [2.24, 2.45) is 0 Å². The monoisotopic (exact) mass is 1220 g/mol. The fraction of sp³-hybridized carbons (Fsp3) is 0.552. The number of aliphatic hydroxyl groups excluding tert-OH is 1. The van der Waals surface area contributed by atoms with Gasteiger partial charge in [0.2, 0.25) is 19.0 Å². The van der Waals surface area contributed by atoms with Crippen LogP contribution in [0, 0.1) is 0 Å². The van der Waals surface area contributed by atoms with Crippen LogP contribution in [0.4, 0.5) is 11.5 Å². The maximum absolute atomic E-state index is 14.8. The number of unbranched alkanes of at least 4 members (excludes halogenated alkanes) is 3. The highest BCUT2D eigenvalue weighted by molar-refractivity contribution is 7.67. The topological polar surface area (TPSA) is 309 Å². The Balaban J connectivity index is 0.696. The minimum absolute atomic E-state index is 0.00268. The number of nitrogen functional groups attached to an aromatic ring is 1. The summed E-state index contributed by atoms with van der Waals surface area (Å²) in [5, 5.41) is 18.2. The zero-order valence-electron chi connectivity index (χ0n) is 48.9. The summed E-state index contributed by atoms with van der Waals surface area (Å²) in [5.41, 5.74) is 18.2. The second-order valence-electron chi connectivity index (χ2n) is 24.1. The van der Waals surface area contributed by atoms with Gasteiger partial charge < -0.3 is 45.4 Å². The number of rotatable bonds is 23. The average Bonchev–Trinajstić information content (AvgIpc) is 0.972. The normalized spacial score (nSPS) is 22.5. The lowest BCUT2D eigenvalue weighted by atomic mass is 9.64. The number of carbonyl (C=O) groups excluding carboxylic acids is 2. The molecule has 5 aliphatic rings. The molecule has 23 nitrogen and oxygen atoms in total. The van der Waals surface area contributed by atoms with Gasteiger partial charge in [-0.25, -0.2) is 33.0 Å². The van der Waals surface area contributed by atoms with Crippen molar-refractivity contribution < 1.29 is 61.0 Å². The molecule has 0 spiro atoms. The number of benzene rings is 3. The van der Waals surface area contributed by atoms with Crippen LogP contribution in [0.1, 0.15) is 167 Å². The molecule has 2 aromatic heterocycles. The number of nitrogens with one attached hydrogen (secondary N) is 2. The van der Waals surface area contributed by atoms with E-state index in [2.05, 4.69) is 104 Å². The van der Waals surface area contributed by atoms with Crippen molar-refractivity contribution in [1.82, 2.24) is 39.4 Å². The molecule has 7 atom stereocenters. The van der Waals surface area contributed by atoms with Gasteiger partial charge in [-0.3, -0.25) is 28.3 Å². The standard InChI is InChI=1S/C58H79N10O13P3/c1-8-68-45-30-44-42(29-41(45)36(2)32-57(68,3)4)50(43-28-37-18-15-26-66-27-16-21-40(53(37)66)51(43)58(44,5)6)38-19-11-12-20-39(38)56(71)65(7)25-17-22-48(70)60-23-13-9-10-14-24-64-82(72,73)80-84(76,77)81-83(74,75)78-33-47-46(69)31-49(79-47)67-35-63-52-54(59)61-34-62-55(52)67/h11-12,19-20,28-30,34-36,46-47,49,69H,8-10,13-18,21-27,31-33H2,1-7H3,(H6-,59,60,61,62,64,70,72,73,74,75,76,77)/t36?,46-,47+,49+/m0/s1. The first kappa shape index (κ1) is 61.8. The maximum Gasteiger partial charge on any atom is 0.486 e. The molecule has 1 saturated heterocycles. The summed E-state index contributed by atoms with van der Waals surface area (Å²) >= 11 is 0. The van der Waals surface area contributed by atoms with Gasteiger partial charge in [0.1, 0.15) is 37.3 Å². The quantitative estimate of drug-likeness (QED) is 0.0249. The number of nitrogens with two attached hydrogens (primary N) is 1. The lowest BCUT2D eigenvalue weighted by molar-refractivity contribution is -0.195. The van der Waals surface area contributed by atoms with E-state index in [9.17, 15) is 43.1 Å². The van der Waals surface area contributed by atoms with Gasteiger partial charge in [0.15, 0.2) is 11.5 Å². The molecule has 0 radical (unpaired) electrons. The second-order valence-corrected chi connectivity index (χ2v) is 28.8. The molecular weight excluding hydrogens is 1140 g/mol. The Bertz CT molecular complexity index is 3650. The number of carbonyl (C=O) groups is 2. The highest BCUT2D eigenvalue weighted by atomic mass is 31.3. The van der Waals surface area contributed by atoms with E-state index in [4.69, 9.17) is 15.0 Å². The van der Waals surface area contributed by atoms with Crippen LogP contribution in [0.5, 0.6) is 0 Å². The van der Waals surface area contributed by atoms with E-state index in [1.807, 2.05) is 23.3 Å². The molecule has 0 saturated carbocycles. The maximum atomic E-state index is 14.8. The first-order chi connectivity index (χ1) is 39.8. The average molecular weight is 1220 g/mol. The van der Waals surface area contributed by atoms with Crippen molar-refractivity contribution in [3.05, 3.63) is 110 Å². The molecule has 2 amide bonds. The number of phosphoric acid groups is 2.